The molecule has 0 amide bonds. The van der Waals surface area contributed by atoms with Gasteiger partial charge < -0.3 is 5.73 Å². The number of nitrogens with one attached hydrogen (secondary N) is 1. The predicted octanol–water partition coefficient (Wildman–Crippen LogP) is 1.98. The molecule has 0 saturated heterocycles. The lowest BCUT2D eigenvalue weighted by atomic mass is 10.1. The van der Waals surface area contributed by atoms with Crippen LogP contribution in [0.25, 0.3) is 0 Å². The fraction of sp³-hybridized carbons (Fsp3) is 0.667. The van der Waals surface area contributed by atoms with E-state index in [1.165, 1.54) is 5.69 Å². The SMILES string of the molecule is CCn1nc(C)c(Br)c1CN(C)CC(C)C(=N)N. The molecule has 0 aromatic carbocycles. The number of hydrogen-bond donors (Lipinski definition) is 2. The van der Waals surface area contributed by atoms with Crippen molar-refractivity contribution in [3.05, 3.63) is 15.9 Å². The van der Waals surface area contributed by atoms with Gasteiger partial charge in [0.15, 0.2) is 0 Å². The van der Waals surface area contributed by atoms with Crippen molar-refractivity contribution in [1.29, 1.82) is 5.41 Å². The summed E-state index contributed by atoms with van der Waals surface area (Å²) < 4.78 is 3.08. The minimum Gasteiger partial charge on any atom is -0.387 e. The minimum absolute atomic E-state index is 0.0767. The molecular formula is C12H22BrN5. The van der Waals surface area contributed by atoms with Crippen molar-refractivity contribution in [2.75, 3.05) is 13.6 Å². The van der Waals surface area contributed by atoms with Crippen molar-refractivity contribution >= 4 is 21.8 Å². The van der Waals surface area contributed by atoms with Crippen LogP contribution in [0.2, 0.25) is 0 Å². The number of rotatable bonds is 6. The van der Waals surface area contributed by atoms with Gasteiger partial charge in [0.1, 0.15) is 0 Å². The van der Waals surface area contributed by atoms with E-state index in [1.807, 2.05) is 25.6 Å². The summed E-state index contributed by atoms with van der Waals surface area (Å²) in [7, 11) is 2.04. The Labute approximate surface area is 117 Å². The van der Waals surface area contributed by atoms with E-state index in [-0.39, 0.29) is 11.8 Å². The number of nitrogens with zero attached hydrogens (tertiary/aromatic N) is 3. The molecule has 0 aliphatic carbocycles. The highest BCUT2D eigenvalue weighted by Crippen LogP contribution is 2.22. The normalized spacial score (nSPS) is 13.0. The maximum Gasteiger partial charge on any atom is 0.0947 e. The second-order valence-corrected chi connectivity index (χ2v) is 5.51. The Morgan fingerprint density at radius 1 is 1.61 bits per heavy atom. The molecule has 1 unspecified atom stereocenters. The molecule has 1 heterocycles. The first-order valence-corrected chi connectivity index (χ1v) is 6.90. The van der Waals surface area contributed by atoms with E-state index in [4.69, 9.17) is 11.1 Å². The van der Waals surface area contributed by atoms with Crippen LogP contribution in [0.15, 0.2) is 4.47 Å². The average Bonchev–Trinajstić information content (AvgIpc) is 2.56. The summed E-state index contributed by atoms with van der Waals surface area (Å²) >= 11 is 3.59. The molecule has 5 nitrogen and oxygen atoms in total. The summed E-state index contributed by atoms with van der Waals surface area (Å²) in [6.07, 6.45) is 0. The van der Waals surface area contributed by atoms with Gasteiger partial charge in [0.2, 0.25) is 0 Å². The third kappa shape index (κ3) is 3.55. The number of aromatic nitrogens is 2. The summed E-state index contributed by atoms with van der Waals surface area (Å²) in [5, 5.41) is 11.9. The number of amidine groups is 1. The first-order valence-electron chi connectivity index (χ1n) is 6.11. The minimum atomic E-state index is 0.0767. The van der Waals surface area contributed by atoms with Gasteiger partial charge in [0.05, 0.1) is 21.7 Å². The van der Waals surface area contributed by atoms with Crippen molar-refractivity contribution in [2.24, 2.45) is 11.7 Å². The summed E-state index contributed by atoms with van der Waals surface area (Å²) in [5.74, 6) is 0.314. The molecule has 0 saturated carbocycles. The van der Waals surface area contributed by atoms with Gasteiger partial charge in [-0.15, -0.1) is 0 Å². The van der Waals surface area contributed by atoms with Crippen LogP contribution in [-0.2, 0) is 13.1 Å². The second kappa shape index (κ2) is 6.33. The lowest BCUT2D eigenvalue weighted by Crippen LogP contribution is -2.32. The van der Waals surface area contributed by atoms with Crippen LogP contribution in [0, 0.1) is 18.3 Å². The van der Waals surface area contributed by atoms with E-state index < -0.39 is 0 Å². The highest BCUT2D eigenvalue weighted by atomic mass is 79.9. The molecule has 0 aliphatic heterocycles. The summed E-state index contributed by atoms with van der Waals surface area (Å²) in [6.45, 7) is 8.48. The molecule has 0 radical (unpaired) electrons. The second-order valence-electron chi connectivity index (χ2n) is 4.71. The third-order valence-electron chi connectivity index (χ3n) is 2.99. The standard InChI is InChI=1S/C12H22BrN5/c1-5-18-10(11(13)9(3)16-18)7-17(4)6-8(2)12(14)15/h8H,5-7H2,1-4H3,(H3,14,15). The molecule has 3 N–H and O–H groups in total. The van der Waals surface area contributed by atoms with Gasteiger partial charge in [-0.1, -0.05) is 6.92 Å². The molecule has 0 bridgehead atoms. The zero-order valence-corrected chi connectivity index (χ0v) is 13.1. The Morgan fingerprint density at radius 3 is 2.72 bits per heavy atom. The first-order chi connectivity index (χ1) is 8.36. The van der Waals surface area contributed by atoms with E-state index in [2.05, 4.69) is 32.9 Å². The molecule has 6 heteroatoms. The zero-order valence-electron chi connectivity index (χ0n) is 11.5. The van der Waals surface area contributed by atoms with Crippen LogP contribution in [0.5, 0.6) is 0 Å². The monoisotopic (exact) mass is 315 g/mol. The molecule has 0 fully saturated rings. The van der Waals surface area contributed by atoms with Crippen molar-refractivity contribution < 1.29 is 0 Å². The predicted molar refractivity (Wildman–Crippen MR) is 77.8 cm³/mol. The highest BCUT2D eigenvalue weighted by Gasteiger charge is 2.15. The van der Waals surface area contributed by atoms with Gasteiger partial charge in [-0.3, -0.25) is 15.0 Å². The van der Waals surface area contributed by atoms with E-state index in [1.54, 1.807) is 0 Å². The van der Waals surface area contributed by atoms with Crippen LogP contribution in [0.4, 0.5) is 0 Å². The van der Waals surface area contributed by atoms with Crippen LogP contribution >= 0.6 is 15.9 Å². The number of nitrogens with two attached hydrogens (primary N) is 1. The summed E-state index contributed by atoms with van der Waals surface area (Å²) in [5.41, 5.74) is 7.69. The van der Waals surface area contributed by atoms with Crippen LogP contribution in [-0.4, -0.2) is 34.1 Å². The van der Waals surface area contributed by atoms with Crippen LogP contribution < -0.4 is 5.73 Å². The van der Waals surface area contributed by atoms with Crippen LogP contribution in [0.3, 0.4) is 0 Å². The molecule has 102 valence electrons. The van der Waals surface area contributed by atoms with Gasteiger partial charge in [0, 0.05) is 25.6 Å². The van der Waals surface area contributed by atoms with Crippen molar-refractivity contribution in [1.82, 2.24) is 14.7 Å². The Balaban J connectivity index is 2.75. The van der Waals surface area contributed by atoms with Gasteiger partial charge in [-0.05, 0) is 36.8 Å². The lowest BCUT2D eigenvalue weighted by molar-refractivity contribution is 0.295. The maximum absolute atomic E-state index is 7.42. The Hall–Kier alpha value is -0.880. The average molecular weight is 316 g/mol. The maximum atomic E-state index is 7.42. The molecular weight excluding hydrogens is 294 g/mol. The third-order valence-corrected chi connectivity index (χ3v) is 4.02. The van der Waals surface area contributed by atoms with E-state index in [0.717, 1.165) is 29.8 Å². The number of hydrogen-bond acceptors (Lipinski definition) is 3. The molecule has 0 spiro atoms. The molecule has 0 aliphatic rings. The van der Waals surface area contributed by atoms with Crippen molar-refractivity contribution in [2.45, 2.75) is 33.9 Å². The molecule has 1 atom stereocenters. The largest absolute Gasteiger partial charge is 0.387 e. The molecule has 1 aromatic rings. The first kappa shape index (κ1) is 15.2. The highest BCUT2D eigenvalue weighted by molar-refractivity contribution is 9.10. The summed E-state index contributed by atoms with van der Waals surface area (Å²) in [4.78, 5) is 2.17. The van der Waals surface area contributed by atoms with E-state index in [9.17, 15) is 0 Å². The topological polar surface area (TPSA) is 70.9 Å². The summed E-state index contributed by atoms with van der Waals surface area (Å²) in [6, 6.07) is 0. The quantitative estimate of drug-likeness (QED) is 0.623. The fourth-order valence-electron chi connectivity index (χ4n) is 1.91. The van der Waals surface area contributed by atoms with Gasteiger partial charge in [-0.25, -0.2) is 0 Å². The zero-order chi connectivity index (χ0) is 13.9. The van der Waals surface area contributed by atoms with E-state index >= 15 is 0 Å². The molecule has 1 aromatic heterocycles. The van der Waals surface area contributed by atoms with Crippen molar-refractivity contribution in [3.8, 4) is 0 Å². The number of aryl methyl sites for hydroxylation is 2. The molecule has 18 heavy (non-hydrogen) atoms. The fourth-order valence-corrected chi connectivity index (χ4v) is 2.32. The Bertz CT molecular complexity index is 426. The Kier molecular flexibility index (Phi) is 5.34. The van der Waals surface area contributed by atoms with Crippen molar-refractivity contribution in [3.63, 3.8) is 0 Å². The van der Waals surface area contributed by atoms with Crippen LogP contribution in [0.1, 0.15) is 25.2 Å². The molecule has 1 rings (SSSR count). The smallest absolute Gasteiger partial charge is 0.0947 e. The van der Waals surface area contributed by atoms with Gasteiger partial charge in [0.25, 0.3) is 0 Å². The lowest BCUT2D eigenvalue weighted by Gasteiger charge is -2.21. The Morgan fingerprint density at radius 2 is 2.22 bits per heavy atom. The van der Waals surface area contributed by atoms with Gasteiger partial charge in [-0.2, -0.15) is 5.10 Å². The number of halogens is 1. The van der Waals surface area contributed by atoms with Gasteiger partial charge >= 0.3 is 0 Å². The van der Waals surface area contributed by atoms with E-state index in [0.29, 0.717) is 0 Å².